The van der Waals surface area contributed by atoms with Crippen molar-refractivity contribution >= 4 is 11.9 Å². The van der Waals surface area contributed by atoms with Crippen LogP contribution in [-0.2, 0) is 38.0 Å². The van der Waals surface area contributed by atoms with Gasteiger partial charge in [0.1, 0.15) is 12.2 Å². The number of unbranched alkanes of at least 4 members (excludes halogenated alkanes) is 2. The third-order valence-electron chi connectivity index (χ3n) is 6.22. The molecule has 0 aliphatic carbocycles. The van der Waals surface area contributed by atoms with Gasteiger partial charge in [0.05, 0.1) is 24.4 Å². The van der Waals surface area contributed by atoms with Crippen LogP contribution in [0.15, 0.2) is 0 Å². The molecule has 4 atom stereocenters. The van der Waals surface area contributed by atoms with Gasteiger partial charge in [0, 0.05) is 13.2 Å². The average molecular weight is 487 g/mol. The maximum Gasteiger partial charge on any atom is 0.338 e. The van der Waals surface area contributed by atoms with Gasteiger partial charge in [0.2, 0.25) is 0 Å². The fourth-order valence-electron chi connectivity index (χ4n) is 4.26. The summed E-state index contributed by atoms with van der Waals surface area (Å²) in [5, 5.41) is 0. The minimum absolute atomic E-state index is 0.304. The largest absolute Gasteiger partial charge is 0.464 e. The Morgan fingerprint density at radius 2 is 1.24 bits per heavy atom. The molecule has 2 aliphatic heterocycles. The predicted molar refractivity (Wildman–Crippen MR) is 128 cm³/mol. The molecule has 8 heteroatoms. The van der Waals surface area contributed by atoms with Crippen LogP contribution in [-0.4, -0.2) is 74.0 Å². The molecule has 2 aliphatic rings. The fraction of sp³-hybridized carbons (Fsp3) is 0.923. The van der Waals surface area contributed by atoms with Crippen molar-refractivity contribution in [3.63, 3.8) is 0 Å². The Bertz CT molecular complexity index is 632. The molecular weight excluding hydrogens is 440 g/mol. The van der Waals surface area contributed by atoms with Gasteiger partial charge in [-0.3, -0.25) is 0 Å². The number of hydrogen-bond acceptors (Lipinski definition) is 8. The summed E-state index contributed by atoms with van der Waals surface area (Å²) in [6, 6.07) is 0. The van der Waals surface area contributed by atoms with E-state index in [0.29, 0.717) is 26.4 Å². The van der Waals surface area contributed by atoms with Crippen LogP contribution >= 0.6 is 0 Å². The lowest BCUT2D eigenvalue weighted by Gasteiger charge is -2.44. The molecule has 0 saturated carbocycles. The van der Waals surface area contributed by atoms with Crippen LogP contribution < -0.4 is 0 Å². The molecule has 0 spiro atoms. The number of esters is 2. The third-order valence-corrected chi connectivity index (χ3v) is 6.22. The van der Waals surface area contributed by atoms with E-state index in [4.69, 9.17) is 28.4 Å². The molecule has 0 unspecified atom stereocenters. The molecule has 0 aromatic heterocycles. The first-order valence-corrected chi connectivity index (χ1v) is 13.0. The third kappa shape index (κ3) is 9.10. The standard InChI is InChI=1S/C26H46O8/c1-7-9-15-31-23(27)21-20(33-25(3,4)13-12-18-30-21)19-22(24(28)32-16-10-8-2)34-26(5,6)14-11-17-29-19/h19-22H,7-18H2,1-6H3/t19-,20+,21-,22+/m0/s1. The lowest BCUT2D eigenvalue weighted by Crippen LogP contribution is -2.59. The van der Waals surface area contributed by atoms with Gasteiger partial charge in [-0.15, -0.1) is 0 Å². The van der Waals surface area contributed by atoms with E-state index in [1.165, 1.54) is 0 Å². The number of rotatable bonds is 9. The van der Waals surface area contributed by atoms with Gasteiger partial charge >= 0.3 is 11.9 Å². The number of ether oxygens (including phenoxy) is 6. The summed E-state index contributed by atoms with van der Waals surface area (Å²) in [4.78, 5) is 26.4. The normalized spacial score (nSPS) is 29.7. The van der Waals surface area contributed by atoms with Crippen LogP contribution in [0.5, 0.6) is 0 Å². The Labute approximate surface area is 205 Å². The minimum Gasteiger partial charge on any atom is -0.464 e. The molecule has 2 saturated heterocycles. The van der Waals surface area contributed by atoms with Gasteiger partial charge in [0.25, 0.3) is 0 Å². The molecule has 0 N–H and O–H groups in total. The fourth-order valence-corrected chi connectivity index (χ4v) is 4.26. The maximum absolute atomic E-state index is 13.2. The van der Waals surface area contributed by atoms with Gasteiger partial charge < -0.3 is 28.4 Å². The Kier molecular flexibility index (Phi) is 11.7. The summed E-state index contributed by atoms with van der Waals surface area (Å²) in [6.45, 7) is 13.3. The summed E-state index contributed by atoms with van der Waals surface area (Å²) in [6.07, 6.45) is 2.46. The predicted octanol–water partition coefficient (Wildman–Crippen LogP) is 4.36. The van der Waals surface area contributed by atoms with Crippen LogP contribution in [0.1, 0.15) is 92.9 Å². The molecule has 2 fully saturated rings. The average Bonchev–Trinajstić information content (AvgIpc) is 2.74. The van der Waals surface area contributed by atoms with Gasteiger partial charge in [0.15, 0.2) is 12.2 Å². The number of carbonyl (C=O) groups is 2. The zero-order valence-corrected chi connectivity index (χ0v) is 22.1. The summed E-state index contributed by atoms with van der Waals surface area (Å²) in [5.74, 6) is -1.01. The van der Waals surface area contributed by atoms with Crippen LogP contribution in [0.4, 0.5) is 0 Å². The first-order valence-electron chi connectivity index (χ1n) is 13.0. The first kappa shape index (κ1) is 29.0. The van der Waals surface area contributed by atoms with Crippen molar-refractivity contribution in [1.82, 2.24) is 0 Å². The van der Waals surface area contributed by atoms with E-state index >= 15 is 0 Å². The van der Waals surface area contributed by atoms with E-state index in [1.807, 2.05) is 41.5 Å². The molecule has 2 heterocycles. The van der Waals surface area contributed by atoms with Crippen molar-refractivity contribution in [1.29, 1.82) is 0 Å². The van der Waals surface area contributed by atoms with Crippen molar-refractivity contribution in [3.8, 4) is 0 Å². The van der Waals surface area contributed by atoms with Crippen LogP contribution in [0, 0.1) is 0 Å². The smallest absolute Gasteiger partial charge is 0.338 e. The molecule has 34 heavy (non-hydrogen) atoms. The molecule has 0 radical (unpaired) electrons. The van der Waals surface area contributed by atoms with E-state index in [2.05, 4.69) is 0 Å². The summed E-state index contributed by atoms with van der Waals surface area (Å²) >= 11 is 0. The zero-order chi connectivity index (χ0) is 25.2. The first-order chi connectivity index (χ1) is 16.1. The second-order valence-corrected chi connectivity index (χ2v) is 10.5. The monoisotopic (exact) mass is 486 g/mol. The van der Waals surface area contributed by atoms with Gasteiger partial charge in [-0.1, -0.05) is 26.7 Å². The van der Waals surface area contributed by atoms with Crippen molar-refractivity contribution in [2.24, 2.45) is 0 Å². The Morgan fingerprint density at radius 1 is 0.735 bits per heavy atom. The Morgan fingerprint density at radius 3 is 1.79 bits per heavy atom. The van der Waals surface area contributed by atoms with E-state index in [0.717, 1.165) is 51.4 Å². The highest BCUT2D eigenvalue weighted by atomic mass is 16.6. The highest BCUT2D eigenvalue weighted by Gasteiger charge is 2.50. The number of hydrogen-bond donors (Lipinski definition) is 0. The molecule has 8 nitrogen and oxygen atoms in total. The molecule has 0 aromatic rings. The second kappa shape index (κ2) is 13.8. The molecular formula is C26H46O8. The second-order valence-electron chi connectivity index (χ2n) is 10.5. The Hall–Kier alpha value is -1.22. The van der Waals surface area contributed by atoms with Gasteiger partial charge in [-0.05, 0) is 66.2 Å². The van der Waals surface area contributed by atoms with Gasteiger partial charge in [-0.2, -0.15) is 0 Å². The highest BCUT2D eigenvalue weighted by Crippen LogP contribution is 2.33. The van der Waals surface area contributed by atoms with Crippen molar-refractivity contribution in [2.75, 3.05) is 26.4 Å². The summed E-state index contributed by atoms with van der Waals surface area (Å²) in [7, 11) is 0. The van der Waals surface area contributed by atoms with E-state index in [9.17, 15) is 9.59 Å². The minimum atomic E-state index is -1.05. The molecule has 2 rings (SSSR count). The molecule has 0 bridgehead atoms. The topological polar surface area (TPSA) is 89.5 Å². The maximum atomic E-state index is 13.2. The highest BCUT2D eigenvalue weighted by molar-refractivity contribution is 5.78. The van der Waals surface area contributed by atoms with Crippen molar-refractivity contribution < 1.29 is 38.0 Å². The summed E-state index contributed by atoms with van der Waals surface area (Å²) < 4.78 is 36.1. The van der Waals surface area contributed by atoms with Crippen LogP contribution in [0.2, 0.25) is 0 Å². The SMILES string of the molecule is CCCCOC(=O)[C@H]1OCCCC(C)(C)O[C@@H]1[C@@H]1OCCCC(C)(C)O[C@H]1C(=O)OCCCC. The quantitative estimate of drug-likeness (QED) is 0.351. The zero-order valence-electron chi connectivity index (χ0n) is 22.1. The van der Waals surface area contributed by atoms with E-state index in [-0.39, 0.29) is 0 Å². The van der Waals surface area contributed by atoms with Crippen molar-refractivity contribution in [2.45, 2.75) is 129 Å². The summed E-state index contributed by atoms with van der Waals surface area (Å²) in [5.41, 5.74) is -1.11. The molecule has 198 valence electrons. The molecule has 0 aromatic carbocycles. The lowest BCUT2D eigenvalue weighted by molar-refractivity contribution is -0.247. The lowest BCUT2D eigenvalue weighted by atomic mass is 9.94. The number of carbonyl (C=O) groups excluding carboxylic acids is 2. The van der Waals surface area contributed by atoms with Crippen LogP contribution in [0.25, 0.3) is 0 Å². The van der Waals surface area contributed by atoms with E-state index in [1.54, 1.807) is 0 Å². The van der Waals surface area contributed by atoms with E-state index < -0.39 is 47.6 Å². The van der Waals surface area contributed by atoms with Gasteiger partial charge in [-0.25, -0.2) is 9.59 Å². The van der Waals surface area contributed by atoms with Crippen molar-refractivity contribution in [3.05, 3.63) is 0 Å². The molecule has 0 amide bonds. The Balaban J connectivity index is 2.40. The van der Waals surface area contributed by atoms with Crippen LogP contribution in [0.3, 0.4) is 0 Å².